The molecule has 1 aromatic carbocycles. The van der Waals surface area contributed by atoms with Crippen LogP contribution in [-0.2, 0) is 0 Å². The van der Waals surface area contributed by atoms with Crippen molar-refractivity contribution in [1.82, 2.24) is 4.98 Å². The van der Waals surface area contributed by atoms with Crippen molar-refractivity contribution in [3.63, 3.8) is 0 Å². The summed E-state index contributed by atoms with van der Waals surface area (Å²) < 4.78 is 10.4. The lowest BCUT2D eigenvalue weighted by atomic mass is 10.0. The van der Waals surface area contributed by atoms with Crippen LogP contribution >= 0.6 is 0 Å². The Hall–Kier alpha value is -2.56. The van der Waals surface area contributed by atoms with Crippen molar-refractivity contribution >= 4 is 11.5 Å². The van der Waals surface area contributed by atoms with Gasteiger partial charge >= 0.3 is 0 Å². The molecule has 0 saturated heterocycles. The number of nitrogens with two attached hydrogens (primary N) is 1. The average Bonchev–Trinajstić information content (AvgIpc) is 2.47. The molecule has 2 N–H and O–H groups in total. The van der Waals surface area contributed by atoms with E-state index < -0.39 is 0 Å². The number of aromatic nitrogens is 1. The van der Waals surface area contributed by atoms with E-state index in [4.69, 9.17) is 15.2 Å². The van der Waals surface area contributed by atoms with Crippen LogP contribution in [-0.4, -0.2) is 24.5 Å². The predicted molar refractivity (Wildman–Crippen MR) is 76.2 cm³/mol. The van der Waals surface area contributed by atoms with Gasteiger partial charge in [-0.3, -0.25) is 9.78 Å². The first kappa shape index (κ1) is 13.9. The second-order valence-electron chi connectivity index (χ2n) is 4.12. The highest BCUT2D eigenvalue weighted by atomic mass is 16.5. The Morgan fingerprint density at radius 1 is 1.25 bits per heavy atom. The van der Waals surface area contributed by atoms with Crippen LogP contribution in [0.15, 0.2) is 36.7 Å². The molecule has 0 aliphatic rings. The van der Waals surface area contributed by atoms with E-state index in [1.54, 1.807) is 37.6 Å². The Kier molecular flexibility index (Phi) is 4.20. The highest BCUT2D eigenvalue weighted by Gasteiger charge is 2.14. The first-order valence-corrected chi connectivity index (χ1v) is 6.21. The third-order valence-electron chi connectivity index (χ3n) is 2.79. The van der Waals surface area contributed by atoms with Gasteiger partial charge in [0.2, 0.25) is 0 Å². The summed E-state index contributed by atoms with van der Waals surface area (Å²) in [6, 6.07) is 6.61. The van der Waals surface area contributed by atoms with Gasteiger partial charge in [0.05, 0.1) is 19.9 Å². The van der Waals surface area contributed by atoms with Crippen molar-refractivity contribution in [2.45, 2.75) is 6.92 Å². The minimum absolute atomic E-state index is 0.195. The van der Waals surface area contributed by atoms with E-state index in [9.17, 15) is 4.79 Å². The highest BCUT2D eigenvalue weighted by molar-refractivity contribution is 6.12. The van der Waals surface area contributed by atoms with Crippen LogP contribution in [0.4, 0.5) is 5.69 Å². The third kappa shape index (κ3) is 2.88. The van der Waals surface area contributed by atoms with Gasteiger partial charge in [0.25, 0.3) is 0 Å². The first-order valence-electron chi connectivity index (χ1n) is 6.21. The maximum atomic E-state index is 12.4. The average molecular weight is 272 g/mol. The zero-order valence-electron chi connectivity index (χ0n) is 11.4. The van der Waals surface area contributed by atoms with E-state index >= 15 is 0 Å². The van der Waals surface area contributed by atoms with Gasteiger partial charge in [-0.15, -0.1) is 0 Å². The Bertz CT molecular complexity index is 626. The molecular weight excluding hydrogens is 256 g/mol. The molecule has 0 aliphatic carbocycles. The molecule has 2 aromatic rings. The maximum absolute atomic E-state index is 12.4. The fourth-order valence-corrected chi connectivity index (χ4v) is 1.82. The Morgan fingerprint density at radius 2 is 2.05 bits per heavy atom. The van der Waals surface area contributed by atoms with Crippen LogP contribution in [0.2, 0.25) is 0 Å². The number of methoxy groups -OCH3 is 1. The molecule has 0 fully saturated rings. The van der Waals surface area contributed by atoms with Gasteiger partial charge in [-0.25, -0.2) is 0 Å². The number of nitrogens with zero attached hydrogens (tertiary/aromatic N) is 1. The summed E-state index contributed by atoms with van der Waals surface area (Å²) in [5, 5.41) is 0. The fraction of sp³-hybridized carbons (Fsp3) is 0.200. The molecule has 0 amide bonds. The van der Waals surface area contributed by atoms with Gasteiger partial charge in [-0.1, -0.05) is 0 Å². The molecular formula is C15H16N2O3. The van der Waals surface area contributed by atoms with E-state index in [1.807, 2.05) is 6.92 Å². The first-order chi connectivity index (χ1) is 9.65. The molecule has 1 aromatic heterocycles. The second-order valence-corrected chi connectivity index (χ2v) is 4.12. The summed E-state index contributed by atoms with van der Waals surface area (Å²) in [6.07, 6.45) is 3.06. The largest absolute Gasteiger partial charge is 0.497 e. The Balaban J connectivity index is 2.33. The summed E-state index contributed by atoms with van der Waals surface area (Å²) in [6.45, 7) is 2.39. The molecule has 5 heteroatoms. The van der Waals surface area contributed by atoms with Gasteiger partial charge in [-0.2, -0.15) is 0 Å². The molecule has 5 nitrogen and oxygen atoms in total. The number of hydrogen-bond acceptors (Lipinski definition) is 5. The lowest BCUT2D eigenvalue weighted by Gasteiger charge is -2.08. The Morgan fingerprint density at radius 3 is 2.70 bits per heavy atom. The summed E-state index contributed by atoms with van der Waals surface area (Å²) in [5.41, 5.74) is 7.11. The number of anilines is 1. The molecule has 0 unspecified atom stereocenters. The van der Waals surface area contributed by atoms with Crippen LogP contribution in [0.1, 0.15) is 22.8 Å². The molecule has 0 bridgehead atoms. The number of benzene rings is 1. The molecule has 0 radical (unpaired) electrons. The van der Waals surface area contributed by atoms with E-state index in [2.05, 4.69) is 4.98 Å². The van der Waals surface area contributed by atoms with Crippen molar-refractivity contribution in [2.24, 2.45) is 0 Å². The van der Waals surface area contributed by atoms with E-state index in [-0.39, 0.29) is 5.78 Å². The normalized spacial score (nSPS) is 10.1. The van der Waals surface area contributed by atoms with Crippen molar-refractivity contribution in [2.75, 3.05) is 19.5 Å². The van der Waals surface area contributed by atoms with Crippen LogP contribution < -0.4 is 15.2 Å². The monoisotopic (exact) mass is 272 g/mol. The van der Waals surface area contributed by atoms with Crippen LogP contribution in [0.5, 0.6) is 11.5 Å². The van der Waals surface area contributed by atoms with Crippen LogP contribution in [0, 0.1) is 0 Å². The fourth-order valence-electron chi connectivity index (χ4n) is 1.82. The quantitative estimate of drug-likeness (QED) is 0.667. The number of hydrogen-bond donors (Lipinski definition) is 1. The third-order valence-corrected chi connectivity index (χ3v) is 2.79. The number of carbonyl (C=O) groups is 1. The standard InChI is InChI=1S/C15H16N2O3/c1-3-20-12-6-10(8-17-9-12)15(18)13-5-4-11(19-2)7-14(13)16/h4-9H,3,16H2,1-2H3. The molecule has 0 aliphatic heterocycles. The number of nitrogen functional groups attached to an aromatic ring is 1. The van der Waals surface area contributed by atoms with Crippen molar-refractivity contribution in [1.29, 1.82) is 0 Å². The van der Waals surface area contributed by atoms with Gasteiger partial charge < -0.3 is 15.2 Å². The number of rotatable bonds is 5. The topological polar surface area (TPSA) is 74.4 Å². The smallest absolute Gasteiger partial charge is 0.196 e. The Labute approximate surface area is 117 Å². The van der Waals surface area contributed by atoms with Crippen LogP contribution in [0.25, 0.3) is 0 Å². The van der Waals surface area contributed by atoms with Gasteiger partial charge in [0.15, 0.2) is 5.78 Å². The zero-order chi connectivity index (χ0) is 14.5. The van der Waals surface area contributed by atoms with E-state index in [0.29, 0.717) is 34.9 Å². The second kappa shape index (κ2) is 6.06. The zero-order valence-corrected chi connectivity index (χ0v) is 11.4. The summed E-state index contributed by atoms with van der Waals surface area (Å²) >= 11 is 0. The van der Waals surface area contributed by atoms with E-state index in [0.717, 1.165) is 0 Å². The number of ether oxygens (including phenoxy) is 2. The minimum Gasteiger partial charge on any atom is -0.497 e. The molecule has 1 heterocycles. The van der Waals surface area contributed by atoms with Crippen LogP contribution in [0.3, 0.4) is 0 Å². The lowest BCUT2D eigenvalue weighted by molar-refractivity contribution is 0.103. The molecule has 0 spiro atoms. The molecule has 20 heavy (non-hydrogen) atoms. The van der Waals surface area contributed by atoms with E-state index in [1.165, 1.54) is 6.20 Å². The molecule has 2 rings (SSSR count). The maximum Gasteiger partial charge on any atom is 0.196 e. The molecule has 0 atom stereocenters. The minimum atomic E-state index is -0.195. The number of ketones is 1. The molecule has 0 saturated carbocycles. The van der Waals surface area contributed by atoms with Crippen molar-refractivity contribution in [3.8, 4) is 11.5 Å². The summed E-state index contributed by atoms with van der Waals surface area (Å²) in [7, 11) is 1.55. The van der Waals surface area contributed by atoms with Gasteiger partial charge in [0, 0.05) is 29.1 Å². The van der Waals surface area contributed by atoms with Crippen molar-refractivity contribution in [3.05, 3.63) is 47.8 Å². The van der Waals surface area contributed by atoms with Gasteiger partial charge in [-0.05, 0) is 25.1 Å². The number of carbonyl (C=O) groups excluding carboxylic acids is 1. The lowest BCUT2D eigenvalue weighted by Crippen LogP contribution is -2.06. The number of pyridine rings is 1. The summed E-state index contributed by atoms with van der Waals surface area (Å²) in [5.74, 6) is 0.977. The molecule has 104 valence electrons. The SMILES string of the molecule is CCOc1cncc(C(=O)c2ccc(OC)cc2N)c1. The van der Waals surface area contributed by atoms with Crippen molar-refractivity contribution < 1.29 is 14.3 Å². The highest BCUT2D eigenvalue weighted by Crippen LogP contribution is 2.23. The summed E-state index contributed by atoms with van der Waals surface area (Å²) in [4.78, 5) is 16.4. The van der Waals surface area contributed by atoms with Gasteiger partial charge in [0.1, 0.15) is 11.5 Å². The predicted octanol–water partition coefficient (Wildman–Crippen LogP) is 2.30.